The van der Waals surface area contributed by atoms with Gasteiger partial charge in [0, 0.05) is 11.5 Å². The van der Waals surface area contributed by atoms with Crippen molar-refractivity contribution in [1.29, 1.82) is 0 Å². The second-order valence-corrected chi connectivity index (χ2v) is 8.33. The summed E-state index contributed by atoms with van der Waals surface area (Å²) < 4.78 is 37.7. The molecule has 5 rings (SSSR count). The number of rotatable bonds is 4. The monoisotopic (exact) mass is 421 g/mol. The molecule has 0 aliphatic heterocycles. The van der Waals surface area contributed by atoms with Crippen LogP contribution in [0.5, 0.6) is 5.88 Å². The van der Waals surface area contributed by atoms with E-state index in [2.05, 4.69) is 20.5 Å². The summed E-state index contributed by atoms with van der Waals surface area (Å²) in [4.78, 5) is 0.0372. The highest BCUT2D eigenvalue weighted by molar-refractivity contribution is 7.87. The van der Waals surface area contributed by atoms with Crippen molar-refractivity contribution in [2.75, 3.05) is 0 Å². The summed E-state index contributed by atoms with van der Waals surface area (Å²) in [6, 6.07) is 15.2. The van der Waals surface area contributed by atoms with Crippen molar-refractivity contribution in [2.24, 2.45) is 0 Å². The summed E-state index contributed by atoms with van der Waals surface area (Å²) in [5.41, 5.74) is 1.81. The number of aromatic nitrogens is 5. The molecule has 0 atom stereocenters. The molecule has 3 heterocycles. The van der Waals surface area contributed by atoms with Gasteiger partial charge in [0.25, 0.3) is 5.88 Å². The van der Waals surface area contributed by atoms with Gasteiger partial charge in [0.2, 0.25) is 5.82 Å². The average molecular weight is 421 g/mol. The van der Waals surface area contributed by atoms with E-state index in [1.165, 1.54) is 16.6 Å². The minimum Gasteiger partial charge on any atom is -0.361 e. The molecule has 150 valence electrons. The van der Waals surface area contributed by atoms with Crippen LogP contribution in [0.1, 0.15) is 11.3 Å². The van der Waals surface area contributed by atoms with Crippen LogP contribution in [-0.4, -0.2) is 33.4 Å². The Morgan fingerprint density at radius 2 is 1.70 bits per heavy atom. The Balaban J connectivity index is 1.71. The van der Waals surface area contributed by atoms with E-state index in [1.807, 2.05) is 13.0 Å². The van der Waals surface area contributed by atoms with Crippen molar-refractivity contribution < 1.29 is 17.1 Å². The van der Waals surface area contributed by atoms with Crippen LogP contribution in [0.2, 0.25) is 0 Å². The highest BCUT2D eigenvalue weighted by atomic mass is 32.2. The first kappa shape index (κ1) is 18.3. The minimum atomic E-state index is -4.10. The molecule has 0 spiro atoms. The van der Waals surface area contributed by atoms with Crippen molar-refractivity contribution in [1.82, 2.24) is 25.0 Å². The van der Waals surface area contributed by atoms with Crippen molar-refractivity contribution >= 4 is 26.5 Å². The molecule has 0 bridgehead atoms. The zero-order chi connectivity index (χ0) is 20.9. The lowest BCUT2D eigenvalue weighted by Gasteiger charge is -2.10. The topological polar surface area (TPSA) is 112 Å². The molecule has 10 heteroatoms. The van der Waals surface area contributed by atoms with Gasteiger partial charge in [0.05, 0.1) is 5.39 Å². The van der Waals surface area contributed by atoms with Gasteiger partial charge in [-0.3, -0.25) is 0 Å². The molecule has 0 amide bonds. The first-order chi connectivity index (χ1) is 14.4. The van der Waals surface area contributed by atoms with Crippen molar-refractivity contribution in [2.45, 2.75) is 18.7 Å². The van der Waals surface area contributed by atoms with Crippen molar-refractivity contribution in [3.8, 4) is 17.4 Å². The zero-order valence-electron chi connectivity index (χ0n) is 16.0. The molecule has 0 saturated carbocycles. The van der Waals surface area contributed by atoms with Gasteiger partial charge in [-0.15, -0.1) is 15.3 Å². The minimum absolute atomic E-state index is 0.0372. The fourth-order valence-electron chi connectivity index (χ4n) is 3.10. The predicted octanol–water partition coefficient (Wildman–Crippen LogP) is 3.32. The van der Waals surface area contributed by atoms with E-state index in [4.69, 9.17) is 8.71 Å². The van der Waals surface area contributed by atoms with Gasteiger partial charge in [0.1, 0.15) is 10.7 Å². The number of benzene rings is 2. The largest absolute Gasteiger partial charge is 0.361 e. The maximum absolute atomic E-state index is 12.9. The fraction of sp³-hybridized carbons (Fsp3) is 0.100. The number of hydrogen-bond acceptors (Lipinski definition) is 8. The summed E-state index contributed by atoms with van der Waals surface area (Å²) in [7, 11) is -4.10. The molecule has 0 unspecified atom stereocenters. The predicted molar refractivity (Wildman–Crippen MR) is 108 cm³/mol. The van der Waals surface area contributed by atoms with E-state index < -0.39 is 10.1 Å². The van der Waals surface area contributed by atoms with Crippen LogP contribution in [0.4, 0.5) is 0 Å². The van der Waals surface area contributed by atoms with E-state index >= 15 is 0 Å². The Kier molecular flexibility index (Phi) is 4.03. The third kappa shape index (κ3) is 2.98. The highest BCUT2D eigenvalue weighted by Gasteiger charge is 2.23. The van der Waals surface area contributed by atoms with E-state index in [-0.39, 0.29) is 10.8 Å². The summed E-state index contributed by atoms with van der Waals surface area (Å²) in [5, 5.41) is 17.8. The van der Waals surface area contributed by atoms with Crippen LogP contribution in [0, 0.1) is 13.8 Å². The second-order valence-electron chi connectivity index (χ2n) is 6.78. The summed E-state index contributed by atoms with van der Waals surface area (Å²) in [5.74, 6) is 0.825. The molecular formula is C20H15N5O4S. The smallest absolute Gasteiger partial charge is 0.340 e. The molecule has 2 aromatic carbocycles. The molecule has 3 aromatic heterocycles. The summed E-state index contributed by atoms with van der Waals surface area (Å²) >= 11 is 0. The van der Waals surface area contributed by atoms with Crippen LogP contribution in [0.25, 0.3) is 27.9 Å². The molecule has 0 saturated heterocycles. The Hall–Kier alpha value is -3.79. The fourth-order valence-corrected chi connectivity index (χ4v) is 4.00. The molecule has 30 heavy (non-hydrogen) atoms. The molecule has 0 aliphatic carbocycles. The van der Waals surface area contributed by atoms with Crippen LogP contribution >= 0.6 is 0 Å². The molecule has 9 nitrogen and oxygen atoms in total. The zero-order valence-corrected chi connectivity index (χ0v) is 16.8. The van der Waals surface area contributed by atoms with Gasteiger partial charge in [-0.1, -0.05) is 41.1 Å². The first-order valence-electron chi connectivity index (χ1n) is 9.01. The van der Waals surface area contributed by atoms with Crippen LogP contribution in [-0.2, 0) is 10.1 Å². The van der Waals surface area contributed by atoms with E-state index in [9.17, 15) is 8.42 Å². The number of fused-ring (bicyclic) bond motifs is 3. The molecule has 0 fully saturated rings. The quantitative estimate of drug-likeness (QED) is 0.406. The summed E-state index contributed by atoms with van der Waals surface area (Å²) in [6.07, 6.45) is 0. The van der Waals surface area contributed by atoms with Gasteiger partial charge in [-0.2, -0.15) is 12.9 Å². The third-order valence-electron chi connectivity index (χ3n) is 4.59. The Labute approximate surface area is 171 Å². The maximum Gasteiger partial charge on any atom is 0.340 e. The standard InChI is InChI=1S/C20H15N5O4S/c1-12-7-9-14(10-8-12)30(26,27)29-20-16-6-4-3-5-15(16)18-21-22-19(25(18)23-20)17-11-13(2)28-24-17/h3-11H,1-2H3. The maximum atomic E-state index is 12.9. The number of aryl methyl sites for hydroxylation is 2. The molecule has 0 N–H and O–H groups in total. The normalized spacial score (nSPS) is 11.9. The van der Waals surface area contributed by atoms with Gasteiger partial charge >= 0.3 is 10.1 Å². The van der Waals surface area contributed by atoms with E-state index in [0.29, 0.717) is 33.7 Å². The lowest BCUT2D eigenvalue weighted by molar-refractivity contribution is 0.399. The highest BCUT2D eigenvalue weighted by Crippen LogP contribution is 2.30. The number of nitrogens with zero attached hydrogens (tertiary/aromatic N) is 5. The molecule has 5 aromatic rings. The summed E-state index contributed by atoms with van der Waals surface area (Å²) in [6.45, 7) is 3.63. The Morgan fingerprint density at radius 3 is 2.40 bits per heavy atom. The van der Waals surface area contributed by atoms with Crippen LogP contribution < -0.4 is 4.18 Å². The molecular weight excluding hydrogens is 406 g/mol. The van der Waals surface area contributed by atoms with Crippen LogP contribution in [0.3, 0.4) is 0 Å². The first-order valence-corrected chi connectivity index (χ1v) is 10.4. The lowest BCUT2D eigenvalue weighted by atomic mass is 10.2. The van der Waals surface area contributed by atoms with Gasteiger partial charge in [-0.25, -0.2) is 0 Å². The molecule has 0 aliphatic rings. The van der Waals surface area contributed by atoms with E-state index in [1.54, 1.807) is 43.3 Å². The lowest BCUT2D eigenvalue weighted by Crippen LogP contribution is -2.12. The van der Waals surface area contributed by atoms with Crippen molar-refractivity contribution in [3.63, 3.8) is 0 Å². The van der Waals surface area contributed by atoms with Crippen LogP contribution in [0.15, 0.2) is 64.0 Å². The Bertz CT molecular complexity index is 1500. The average Bonchev–Trinajstić information content (AvgIpc) is 3.34. The molecule has 0 radical (unpaired) electrons. The Morgan fingerprint density at radius 1 is 0.967 bits per heavy atom. The van der Waals surface area contributed by atoms with Gasteiger partial charge in [-0.05, 0) is 32.0 Å². The van der Waals surface area contributed by atoms with E-state index in [0.717, 1.165) is 5.56 Å². The SMILES string of the molecule is Cc1ccc(S(=O)(=O)Oc2nn3c(-c4cc(C)on4)nnc3c3ccccc23)cc1. The number of hydrogen-bond donors (Lipinski definition) is 0. The van der Waals surface area contributed by atoms with Crippen molar-refractivity contribution in [3.05, 3.63) is 65.9 Å². The van der Waals surface area contributed by atoms with Gasteiger partial charge < -0.3 is 8.71 Å². The van der Waals surface area contributed by atoms with Gasteiger partial charge in [0.15, 0.2) is 11.3 Å². The third-order valence-corrected chi connectivity index (χ3v) is 5.81. The second kappa shape index (κ2) is 6.63.